The van der Waals surface area contributed by atoms with E-state index in [0.29, 0.717) is 6.54 Å². The van der Waals surface area contributed by atoms with Crippen molar-refractivity contribution in [3.05, 3.63) is 28.7 Å². The van der Waals surface area contributed by atoms with Crippen molar-refractivity contribution in [1.29, 1.82) is 0 Å². The van der Waals surface area contributed by atoms with E-state index in [9.17, 15) is 4.79 Å². The molecule has 1 rings (SSSR count). The highest BCUT2D eigenvalue weighted by molar-refractivity contribution is 9.10. The standard InChI is InChI=1S/C11H14BrNO2/c1-8(6-11(14)15)7-13-10-4-2-9(12)3-5-10/h2-5,8,13H,6-7H2,1H3,(H,14,15). The third kappa shape index (κ3) is 4.83. The summed E-state index contributed by atoms with van der Waals surface area (Å²) in [5.41, 5.74) is 1.01. The normalized spacial score (nSPS) is 12.1. The largest absolute Gasteiger partial charge is 0.481 e. The summed E-state index contributed by atoms with van der Waals surface area (Å²) < 4.78 is 1.03. The predicted octanol–water partition coefficient (Wildman–Crippen LogP) is 2.97. The van der Waals surface area contributed by atoms with Gasteiger partial charge in [0.05, 0.1) is 0 Å². The van der Waals surface area contributed by atoms with Crippen LogP contribution in [0, 0.1) is 5.92 Å². The van der Waals surface area contributed by atoms with Gasteiger partial charge in [-0.1, -0.05) is 22.9 Å². The van der Waals surface area contributed by atoms with Gasteiger partial charge in [-0.2, -0.15) is 0 Å². The summed E-state index contributed by atoms with van der Waals surface area (Å²) >= 11 is 3.35. The zero-order valence-electron chi connectivity index (χ0n) is 8.53. The number of aliphatic carboxylic acids is 1. The molecule has 0 heterocycles. The lowest BCUT2D eigenvalue weighted by molar-refractivity contribution is -0.137. The lowest BCUT2D eigenvalue weighted by Gasteiger charge is -2.11. The van der Waals surface area contributed by atoms with Gasteiger partial charge in [0.25, 0.3) is 0 Å². The highest BCUT2D eigenvalue weighted by atomic mass is 79.9. The number of carboxylic acids is 1. The Hall–Kier alpha value is -1.03. The van der Waals surface area contributed by atoms with Gasteiger partial charge in [-0.3, -0.25) is 4.79 Å². The third-order valence-corrected chi connectivity index (χ3v) is 2.55. The predicted molar refractivity (Wildman–Crippen MR) is 64.0 cm³/mol. The van der Waals surface area contributed by atoms with Crippen LogP contribution < -0.4 is 5.32 Å². The van der Waals surface area contributed by atoms with Crippen LogP contribution >= 0.6 is 15.9 Å². The van der Waals surface area contributed by atoms with Crippen molar-refractivity contribution in [2.75, 3.05) is 11.9 Å². The lowest BCUT2D eigenvalue weighted by Crippen LogP contribution is -2.14. The fourth-order valence-corrected chi connectivity index (χ4v) is 1.49. The van der Waals surface area contributed by atoms with Crippen molar-refractivity contribution in [2.45, 2.75) is 13.3 Å². The molecule has 2 N–H and O–H groups in total. The van der Waals surface area contributed by atoms with Crippen LogP contribution in [-0.4, -0.2) is 17.6 Å². The Morgan fingerprint density at radius 1 is 1.47 bits per heavy atom. The van der Waals surface area contributed by atoms with Gasteiger partial charge in [0.1, 0.15) is 0 Å². The van der Waals surface area contributed by atoms with Gasteiger partial charge in [-0.15, -0.1) is 0 Å². The number of anilines is 1. The molecule has 4 heteroatoms. The van der Waals surface area contributed by atoms with Gasteiger partial charge in [-0.05, 0) is 30.2 Å². The molecule has 0 aliphatic heterocycles. The summed E-state index contributed by atoms with van der Waals surface area (Å²) in [6.45, 7) is 2.59. The topological polar surface area (TPSA) is 49.3 Å². The Balaban J connectivity index is 2.36. The minimum Gasteiger partial charge on any atom is -0.481 e. The Bertz CT molecular complexity index is 324. The molecule has 0 aliphatic rings. The average molecular weight is 272 g/mol. The molecule has 3 nitrogen and oxygen atoms in total. The van der Waals surface area contributed by atoms with E-state index in [1.165, 1.54) is 0 Å². The molecule has 1 unspecified atom stereocenters. The first-order valence-corrected chi connectivity index (χ1v) is 5.58. The lowest BCUT2D eigenvalue weighted by atomic mass is 10.1. The van der Waals surface area contributed by atoms with Crippen molar-refractivity contribution < 1.29 is 9.90 Å². The van der Waals surface area contributed by atoms with Crippen LogP contribution in [-0.2, 0) is 4.79 Å². The molecule has 0 amide bonds. The molecule has 0 aromatic heterocycles. The maximum absolute atomic E-state index is 10.4. The Morgan fingerprint density at radius 2 is 2.07 bits per heavy atom. The summed E-state index contributed by atoms with van der Waals surface area (Å²) in [4.78, 5) is 10.4. The summed E-state index contributed by atoms with van der Waals surface area (Å²) in [6.07, 6.45) is 0.198. The molecule has 0 aliphatic carbocycles. The number of benzene rings is 1. The van der Waals surface area contributed by atoms with E-state index < -0.39 is 5.97 Å². The highest BCUT2D eigenvalue weighted by Gasteiger charge is 2.06. The number of nitrogens with one attached hydrogen (secondary N) is 1. The number of hydrogen-bond donors (Lipinski definition) is 2. The zero-order chi connectivity index (χ0) is 11.3. The second-order valence-electron chi connectivity index (χ2n) is 3.59. The van der Waals surface area contributed by atoms with Gasteiger partial charge >= 0.3 is 5.97 Å². The molecule has 0 radical (unpaired) electrons. The van der Waals surface area contributed by atoms with Crippen LogP contribution in [0.1, 0.15) is 13.3 Å². The monoisotopic (exact) mass is 271 g/mol. The van der Waals surface area contributed by atoms with E-state index in [1.54, 1.807) is 0 Å². The second-order valence-corrected chi connectivity index (χ2v) is 4.51. The van der Waals surface area contributed by atoms with Crippen molar-refractivity contribution in [3.8, 4) is 0 Å². The van der Waals surface area contributed by atoms with Crippen LogP contribution in [0.2, 0.25) is 0 Å². The quantitative estimate of drug-likeness (QED) is 0.866. The third-order valence-electron chi connectivity index (χ3n) is 2.02. The Kier molecular flexibility index (Phi) is 4.62. The first kappa shape index (κ1) is 12.0. The number of carbonyl (C=O) groups is 1. The molecule has 0 bridgehead atoms. The minimum atomic E-state index is -0.750. The summed E-state index contributed by atoms with van der Waals surface area (Å²) in [5.74, 6) is -0.619. The van der Waals surface area contributed by atoms with Crippen molar-refractivity contribution in [3.63, 3.8) is 0 Å². The number of halogens is 1. The van der Waals surface area contributed by atoms with E-state index in [0.717, 1.165) is 10.2 Å². The first-order chi connectivity index (χ1) is 7.08. The molecular formula is C11H14BrNO2. The molecule has 1 aromatic rings. The minimum absolute atomic E-state index is 0.131. The van der Waals surface area contributed by atoms with Crippen molar-refractivity contribution >= 4 is 27.6 Å². The first-order valence-electron chi connectivity index (χ1n) is 4.79. The molecule has 0 saturated heterocycles. The Labute approximate surface area is 97.6 Å². The molecule has 0 saturated carbocycles. The van der Waals surface area contributed by atoms with Gasteiger partial charge in [0.2, 0.25) is 0 Å². The smallest absolute Gasteiger partial charge is 0.303 e. The van der Waals surface area contributed by atoms with Crippen molar-refractivity contribution in [1.82, 2.24) is 0 Å². The maximum atomic E-state index is 10.4. The van der Waals surface area contributed by atoms with E-state index in [4.69, 9.17) is 5.11 Å². The fraction of sp³-hybridized carbons (Fsp3) is 0.364. The van der Waals surface area contributed by atoms with Crippen LogP contribution in [0.4, 0.5) is 5.69 Å². The van der Waals surface area contributed by atoms with E-state index in [1.807, 2.05) is 31.2 Å². The SMILES string of the molecule is CC(CNc1ccc(Br)cc1)CC(=O)O. The van der Waals surface area contributed by atoms with E-state index in [2.05, 4.69) is 21.2 Å². The number of carboxylic acid groups (broad SMARTS) is 1. The van der Waals surface area contributed by atoms with Gasteiger partial charge < -0.3 is 10.4 Å². The molecule has 1 atom stereocenters. The molecule has 0 spiro atoms. The second kappa shape index (κ2) is 5.75. The molecular weight excluding hydrogens is 258 g/mol. The number of rotatable bonds is 5. The average Bonchev–Trinajstić information content (AvgIpc) is 2.16. The fourth-order valence-electron chi connectivity index (χ4n) is 1.23. The van der Waals surface area contributed by atoms with E-state index >= 15 is 0 Å². The molecule has 82 valence electrons. The van der Waals surface area contributed by atoms with Crippen LogP contribution in [0.15, 0.2) is 28.7 Å². The highest BCUT2D eigenvalue weighted by Crippen LogP contribution is 2.14. The van der Waals surface area contributed by atoms with Crippen LogP contribution in [0.25, 0.3) is 0 Å². The molecule has 1 aromatic carbocycles. The van der Waals surface area contributed by atoms with Crippen LogP contribution in [0.5, 0.6) is 0 Å². The van der Waals surface area contributed by atoms with Crippen molar-refractivity contribution in [2.24, 2.45) is 5.92 Å². The Morgan fingerprint density at radius 3 is 2.60 bits per heavy atom. The van der Waals surface area contributed by atoms with Gasteiger partial charge in [-0.25, -0.2) is 0 Å². The number of hydrogen-bond acceptors (Lipinski definition) is 2. The molecule has 15 heavy (non-hydrogen) atoms. The van der Waals surface area contributed by atoms with Gasteiger partial charge in [0, 0.05) is 23.1 Å². The van der Waals surface area contributed by atoms with E-state index in [-0.39, 0.29) is 12.3 Å². The molecule has 0 fully saturated rings. The zero-order valence-corrected chi connectivity index (χ0v) is 10.1. The van der Waals surface area contributed by atoms with Gasteiger partial charge in [0.15, 0.2) is 0 Å². The summed E-state index contributed by atoms with van der Waals surface area (Å²) in [7, 11) is 0. The maximum Gasteiger partial charge on any atom is 0.303 e. The summed E-state index contributed by atoms with van der Waals surface area (Å²) in [5, 5.41) is 11.8. The summed E-state index contributed by atoms with van der Waals surface area (Å²) in [6, 6.07) is 7.81. The van der Waals surface area contributed by atoms with Crippen LogP contribution in [0.3, 0.4) is 0 Å².